The Labute approximate surface area is 148 Å². The molecule has 0 aromatic heterocycles. The number of hydrogen-bond donors (Lipinski definition) is 0. The zero-order valence-electron chi connectivity index (χ0n) is 17.1. The lowest BCUT2D eigenvalue weighted by molar-refractivity contribution is -0.153. The molecule has 1 atom stereocenters. The SMILES string of the molecule is C=C(CC1CC(=O)OC1=O)C(C)(C)C(C)(C)CC(C)(C)C(C)(C)C. The van der Waals surface area contributed by atoms with Crippen molar-refractivity contribution in [1.82, 2.24) is 0 Å². The van der Waals surface area contributed by atoms with Gasteiger partial charge in [0, 0.05) is 0 Å². The van der Waals surface area contributed by atoms with Crippen molar-refractivity contribution in [2.75, 3.05) is 0 Å². The van der Waals surface area contributed by atoms with Crippen LogP contribution in [0.15, 0.2) is 12.2 Å². The van der Waals surface area contributed by atoms with E-state index in [2.05, 4.69) is 73.6 Å². The second-order valence-electron chi connectivity index (χ2n) is 10.3. The normalized spacial score (nSPS) is 20.3. The van der Waals surface area contributed by atoms with Crippen LogP contribution in [0.4, 0.5) is 0 Å². The molecule has 1 heterocycles. The van der Waals surface area contributed by atoms with Gasteiger partial charge in [0.15, 0.2) is 0 Å². The first kappa shape index (κ1) is 20.9. The molecule has 1 saturated heterocycles. The van der Waals surface area contributed by atoms with E-state index in [9.17, 15) is 9.59 Å². The second kappa shape index (κ2) is 6.31. The van der Waals surface area contributed by atoms with Crippen molar-refractivity contribution >= 4 is 11.9 Å². The topological polar surface area (TPSA) is 43.4 Å². The molecule has 1 aliphatic heterocycles. The van der Waals surface area contributed by atoms with E-state index in [1.807, 2.05) is 0 Å². The molecule has 24 heavy (non-hydrogen) atoms. The molecule has 3 nitrogen and oxygen atoms in total. The van der Waals surface area contributed by atoms with Gasteiger partial charge in [0.25, 0.3) is 0 Å². The van der Waals surface area contributed by atoms with Gasteiger partial charge in [-0.1, -0.05) is 74.5 Å². The fourth-order valence-electron chi connectivity index (χ4n) is 3.30. The number of hydrogen-bond acceptors (Lipinski definition) is 3. The van der Waals surface area contributed by atoms with Crippen LogP contribution in [0.3, 0.4) is 0 Å². The number of rotatable bonds is 6. The molecule has 0 aromatic rings. The molecule has 0 aliphatic carbocycles. The fourth-order valence-corrected chi connectivity index (χ4v) is 3.30. The van der Waals surface area contributed by atoms with Gasteiger partial charge in [0.2, 0.25) is 0 Å². The van der Waals surface area contributed by atoms with Crippen LogP contribution in [-0.2, 0) is 14.3 Å². The predicted octanol–water partition coefficient (Wildman–Crippen LogP) is 5.54. The van der Waals surface area contributed by atoms with Gasteiger partial charge < -0.3 is 4.74 Å². The first-order valence-electron chi connectivity index (χ1n) is 8.94. The van der Waals surface area contributed by atoms with E-state index in [-0.39, 0.29) is 34.0 Å². The predicted molar refractivity (Wildman–Crippen MR) is 98.4 cm³/mol. The summed E-state index contributed by atoms with van der Waals surface area (Å²) in [5, 5.41) is 0. The Balaban J connectivity index is 2.93. The van der Waals surface area contributed by atoms with E-state index < -0.39 is 11.9 Å². The van der Waals surface area contributed by atoms with Crippen LogP contribution in [0, 0.1) is 27.6 Å². The average molecular weight is 337 g/mol. The summed E-state index contributed by atoms with van der Waals surface area (Å²) < 4.78 is 4.68. The molecule has 1 unspecified atom stereocenters. The summed E-state index contributed by atoms with van der Waals surface area (Å²) in [6.45, 7) is 24.7. The van der Waals surface area contributed by atoms with Crippen molar-refractivity contribution in [1.29, 1.82) is 0 Å². The minimum absolute atomic E-state index is 0.00732. The van der Waals surface area contributed by atoms with Gasteiger partial charge in [0.05, 0.1) is 12.3 Å². The highest BCUT2D eigenvalue weighted by Gasteiger charge is 2.46. The van der Waals surface area contributed by atoms with E-state index in [1.54, 1.807) is 0 Å². The summed E-state index contributed by atoms with van der Waals surface area (Å²) >= 11 is 0. The maximum Gasteiger partial charge on any atom is 0.317 e. The summed E-state index contributed by atoms with van der Waals surface area (Å²) in [6, 6.07) is 0. The smallest absolute Gasteiger partial charge is 0.317 e. The quantitative estimate of drug-likeness (QED) is 0.363. The van der Waals surface area contributed by atoms with Gasteiger partial charge in [0.1, 0.15) is 0 Å². The second-order valence-corrected chi connectivity index (χ2v) is 10.3. The van der Waals surface area contributed by atoms with E-state index in [0.717, 1.165) is 12.0 Å². The summed E-state index contributed by atoms with van der Waals surface area (Å²) in [5.41, 5.74) is 1.24. The van der Waals surface area contributed by atoms with Gasteiger partial charge in [-0.25, -0.2) is 0 Å². The molecule has 3 heteroatoms. The van der Waals surface area contributed by atoms with Crippen molar-refractivity contribution < 1.29 is 14.3 Å². The van der Waals surface area contributed by atoms with Gasteiger partial charge in [-0.15, -0.1) is 0 Å². The molecule has 0 N–H and O–H groups in total. The summed E-state index contributed by atoms with van der Waals surface area (Å²) in [5.74, 6) is -1.18. The van der Waals surface area contributed by atoms with Crippen molar-refractivity contribution in [3.63, 3.8) is 0 Å². The molecule has 1 fully saturated rings. The number of cyclic esters (lactones) is 2. The Morgan fingerprint density at radius 3 is 1.88 bits per heavy atom. The lowest BCUT2D eigenvalue weighted by Gasteiger charge is -2.51. The number of allylic oxidation sites excluding steroid dienone is 1. The lowest BCUT2D eigenvalue weighted by atomic mass is 9.54. The van der Waals surface area contributed by atoms with Crippen LogP contribution in [0.25, 0.3) is 0 Å². The van der Waals surface area contributed by atoms with E-state index in [4.69, 9.17) is 0 Å². The monoisotopic (exact) mass is 336 g/mol. The van der Waals surface area contributed by atoms with Crippen molar-refractivity contribution in [3.05, 3.63) is 12.2 Å². The number of carbonyl (C=O) groups is 2. The van der Waals surface area contributed by atoms with E-state index >= 15 is 0 Å². The molecule has 0 bridgehead atoms. The van der Waals surface area contributed by atoms with Crippen LogP contribution in [0.1, 0.15) is 81.6 Å². The van der Waals surface area contributed by atoms with Crippen LogP contribution in [0.5, 0.6) is 0 Å². The Hall–Kier alpha value is -1.12. The van der Waals surface area contributed by atoms with Crippen molar-refractivity contribution in [2.45, 2.75) is 81.6 Å². The third-order valence-electron chi connectivity index (χ3n) is 6.94. The minimum atomic E-state index is -0.413. The highest BCUT2D eigenvalue weighted by atomic mass is 16.6. The molecule has 1 aliphatic rings. The fraction of sp³-hybridized carbons (Fsp3) is 0.810. The molecular formula is C21H36O3. The Bertz CT molecular complexity index is 530. The molecule has 138 valence electrons. The molecule has 0 radical (unpaired) electrons. The van der Waals surface area contributed by atoms with E-state index in [1.165, 1.54) is 0 Å². The molecule has 0 amide bonds. The Morgan fingerprint density at radius 1 is 1.00 bits per heavy atom. The third kappa shape index (κ3) is 4.10. The highest BCUT2D eigenvalue weighted by Crippen LogP contribution is 2.55. The van der Waals surface area contributed by atoms with Crippen LogP contribution >= 0.6 is 0 Å². The Morgan fingerprint density at radius 2 is 1.50 bits per heavy atom. The first-order valence-corrected chi connectivity index (χ1v) is 8.94. The molecule has 0 spiro atoms. The van der Waals surface area contributed by atoms with Crippen LogP contribution < -0.4 is 0 Å². The van der Waals surface area contributed by atoms with Crippen molar-refractivity contribution in [3.8, 4) is 0 Å². The summed E-state index contributed by atoms with van der Waals surface area (Å²) in [6.07, 6.45) is 1.75. The molecule has 0 aromatic carbocycles. The maximum atomic E-state index is 11.8. The molecule has 1 rings (SSSR count). The Kier molecular flexibility index (Phi) is 5.50. The number of ether oxygens (including phenoxy) is 1. The number of esters is 2. The number of carbonyl (C=O) groups excluding carboxylic acids is 2. The summed E-state index contributed by atoms with van der Waals surface area (Å²) in [4.78, 5) is 23.1. The molecular weight excluding hydrogens is 300 g/mol. The summed E-state index contributed by atoms with van der Waals surface area (Å²) in [7, 11) is 0. The van der Waals surface area contributed by atoms with Crippen molar-refractivity contribution in [2.24, 2.45) is 27.6 Å². The first-order chi connectivity index (χ1) is 10.5. The average Bonchev–Trinajstić information content (AvgIpc) is 2.64. The molecule has 0 saturated carbocycles. The van der Waals surface area contributed by atoms with E-state index in [0.29, 0.717) is 6.42 Å². The standard InChI is InChI=1S/C21H36O3/c1-14(11-15-12-16(22)24-17(15)23)21(9,10)20(7,8)13-19(5,6)18(2,3)4/h15H,1,11-13H2,2-10H3. The largest absolute Gasteiger partial charge is 0.393 e. The van der Waals surface area contributed by atoms with Gasteiger partial charge in [-0.05, 0) is 34.5 Å². The lowest BCUT2D eigenvalue weighted by Crippen LogP contribution is -2.42. The van der Waals surface area contributed by atoms with Crippen LogP contribution in [0.2, 0.25) is 0 Å². The highest BCUT2D eigenvalue weighted by molar-refractivity contribution is 5.94. The zero-order valence-corrected chi connectivity index (χ0v) is 17.1. The minimum Gasteiger partial charge on any atom is -0.393 e. The maximum absolute atomic E-state index is 11.8. The van der Waals surface area contributed by atoms with Gasteiger partial charge >= 0.3 is 11.9 Å². The van der Waals surface area contributed by atoms with Gasteiger partial charge in [-0.3, -0.25) is 9.59 Å². The third-order valence-corrected chi connectivity index (χ3v) is 6.94. The van der Waals surface area contributed by atoms with Crippen LogP contribution in [-0.4, -0.2) is 11.9 Å². The zero-order chi connectivity index (χ0) is 19.1. The van der Waals surface area contributed by atoms with Gasteiger partial charge in [-0.2, -0.15) is 0 Å².